The molecule has 1 N–H and O–H groups in total. The van der Waals surface area contributed by atoms with Crippen molar-refractivity contribution in [2.24, 2.45) is 0 Å². The first-order chi connectivity index (χ1) is 8.00. The second-order valence-corrected chi connectivity index (χ2v) is 3.39. The Morgan fingerprint density at radius 2 is 2.12 bits per heavy atom. The molecule has 0 heterocycles. The molecule has 1 aromatic rings. The van der Waals surface area contributed by atoms with Crippen LogP contribution < -0.4 is 0 Å². The summed E-state index contributed by atoms with van der Waals surface area (Å²) in [6, 6.07) is 4.07. The molecule has 0 aliphatic heterocycles. The summed E-state index contributed by atoms with van der Waals surface area (Å²) in [5, 5.41) is 8.40. The number of benzene rings is 1. The summed E-state index contributed by atoms with van der Waals surface area (Å²) in [6.07, 6.45) is 1.36. The minimum absolute atomic E-state index is 0.0474. The number of rotatable bonds is 4. The largest absolute Gasteiger partial charge is 0.478 e. The number of hydrogen-bond acceptors (Lipinski definition) is 3. The number of halogens is 2. The second-order valence-electron chi connectivity index (χ2n) is 2.98. The van der Waals surface area contributed by atoms with E-state index in [1.165, 1.54) is 18.2 Å². The molecular formula is C11H8ClFO4. The Labute approximate surface area is 101 Å². The lowest BCUT2D eigenvalue weighted by Gasteiger charge is -2.05. The van der Waals surface area contributed by atoms with Gasteiger partial charge in [-0.2, -0.15) is 0 Å². The molecule has 0 radical (unpaired) electrons. The van der Waals surface area contributed by atoms with Gasteiger partial charge in [0.1, 0.15) is 12.4 Å². The molecule has 0 atom stereocenters. The van der Waals surface area contributed by atoms with E-state index in [2.05, 4.69) is 4.74 Å². The lowest BCUT2D eigenvalue weighted by Crippen LogP contribution is -2.04. The van der Waals surface area contributed by atoms with E-state index in [-0.39, 0.29) is 17.2 Å². The van der Waals surface area contributed by atoms with Crippen LogP contribution in [0.15, 0.2) is 30.4 Å². The van der Waals surface area contributed by atoms with Gasteiger partial charge < -0.3 is 9.84 Å². The van der Waals surface area contributed by atoms with E-state index in [1.54, 1.807) is 0 Å². The number of ether oxygens (including phenoxy) is 1. The standard InChI is InChI=1S/C11H8ClFO4/c12-8-2-1-3-9(13)7(8)6-17-11(16)5-4-10(14)15/h1-5H,6H2,(H,14,15)/b5-4-. The van der Waals surface area contributed by atoms with Crippen molar-refractivity contribution in [2.75, 3.05) is 0 Å². The molecular weight excluding hydrogens is 251 g/mol. The number of carboxylic acid groups (broad SMARTS) is 1. The SMILES string of the molecule is O=C(O)/C=C\C(=O)OCc1c(F)cccc1Cl. The third-order valence-electron chi connectivity index (χ3n) is 1.78. The number of esters is 1. The summed E-state index contributed by atoms with van der Waals surface area (Å²) in [5.41, 5.74) is 0.0474. The summed E-state index contributed by atoms with van der Waals surface area (Å²) in [4.78, 5) is 21.1. The van der Waals surface area contributed by atoms with E-state index in [9.17, 15) is 14.0 Å². The van der Waals surface area contributed by atoms with Gasteiger partial charge in [0, 0.05) is 17.7 Å². The van der Waals surface area contributed by atoms with Gasteiger partial charge in [0.25, 0.3) is 0 Å². The van der Waals surface area contributed by atoms with Gasteiger partial charge in [0.2, 0.25) is 0 Å². The van der Waals surface area contributed by atoms with Crippen molar-refractivity contribution >= 4 is 23.5 Å². The Kier molecular flexibility index (Phi) is 4.66. The Hall–Kier alpha value is -1.88. The fourth-order valence-corrected chi connectivity index (χ4v) is 1.22. The third-order valence-corrected chi connectivity index (χ3v) is 2.14. The second kappa shape index (κ2) is 6.00. The fourth-order valence-electron chi connectivity index (χ4n) is 1.00. The predicted octanol–water partition coefficient (Wildman–Crippen LogP) is 2.16. The third kappa shape index (κ3) is 4.24. The average molecular weight is 259 g/mol. The summed E-state index contributed by atoms with van der Waals surface area (Å²) >= 11 is 5.70. The van der Waals surface area contributed by atoms with Crippen LogP contribution in [-0.2, 0) is 20.9 Å². The van der Waals surface area contributed by atoms with E-state index in [0.29, 0.717) is 6.08 Å². The lowest BCUT2D eigenvalue weighted by molar-refractivity contribution is -0.139. The number of aliphatic carboxylic acids is 1. The molecule has 0 aromatic heterocycles. The minimum Gasteiger partial charge on any atom is -0.478 e. The highest BCUT2D eigenvalue weighted by Gasteiger charge is 2.08. The van der Waals surface area contributed by atoms with Gasteiger partial charge in [-0.1, -0.05) is 17.7 Å². The molecule has 0 aliphatic carbocycles. The maximum absolute atomic E-state index is 13.2. The lowest BCUT2D eigenvalue weighted by atomic mass is 10.2. The van der Waals surface area contributed by atoms with Crippen LogP contribution in [0.4, 0.5) is 4.39 Å². The highest BCUT2D eigenvalue weighted by Crippen LogP contribution is 2.19. The molecule has 0 aliphatic rings. The van der Waals surface area contributed by atoms with Gasteiger partial charge >= 0.3 is 11.9 Å². The molecule has 1 aromatic carbocycles. The zero-order valence-corrected chi connectivity index (χ0v) is 9.28. The van der Waals surface area contributed by atoms with Gasteiger partial charge in [-0.15, -0.1) is 0 Å². The van der Waals surface area contributed by atoms with Crippen LogP contribution in [0, 0.1) is 5.82 Å². The van der Waals surface area contributed by atoms with Crippen LogP contribution in [0.3, 0.4) is 0 Å². The molecule has 0 amide bonds. The first-order valence-corrected chi connectivity index (χ1v) is 4.89. The predicted molar refractivity (Wildman–Crippen MR) is 58.0 cm³/mol. The number of carbonyl (C=O) groups is 2. The molecule has 4 nitrogen and oxygen atoms in total. The smallest absolute Gasteiger partial charge is 0.331 e. The maximum atomic E-state index is 13.2. The van der Waals surface area contributed by atoms with Crippen LogP contribution in [0.1, 0.15) is 5.56 Å². The quantitative estimate of drug-likeness (QED) is 0.664. The van der Waals surface area contributed by atoms with Crippen molar-refractivity contribution in [3.05, 3.63) is 46.8 Å². The maximum Gasteiger partial charge on any atom is 0.331 e. The molecule has 0 saturated heterocycles. The first-order valence-electron chi connectivity index (χ1n) is 4.51. The summed E-state index contributed by atoms with van der Waals surface area (Å²) < 4.78 is 17.9. The monoisotopic (exact) mass is 258 g/mol. The van der Waals surface area contributed by atoms with E-state index >= 15 is 0 Å². The van der Waals surface area contributed by atoms with Gasteiger partial charge in [-0.3, -0.25) is 0 Å². The van der Waals surface area contributed by atoms with Crippen LogP contribution >= 0.6 is 11.6 Å². The van der Waals surface area contributed by atoms with E-state index in [1.807, 2.05) is 0 Å². The van der Waals surface area contributed by atoms with Crippen molar-refractivity contribution in [3.8, 4) is 0 Å². The first kappa shape index (κ1) is 13.2. The van der Waals surface area contributed by atoms with E-state index in [4.69, 9.17) is 16.7 Å². The molecule has 0 unspecified atom stereocenters. The van der Waals surface area contributed by atoms with Crippen molar-refractivity contribution in [3.63, 3.8) is 0 Å². The molecule has 90 valence electrons. The fraction of sp³-hybridized carbons (Fsp3) is 0.0909. The summed E-state index contributed by atoms with van der Waals surface area (Å²) in [5.74, 6) is -2.75. The molecule has 0 spiro atoms. The van der Waals surface area contributed by atoms with E-state index < -0.39 is 17.8 Å². The molecule has 0 bridgehead atoms. The average Bonchev–Trinajstić information content (AvgIpc) is 2.25. The van der Waals surface area contributed by atoms with Crippen LogP contribution in [0.2, 0.25) is 5.02 Å². The molecule has 17 heavy (non-hydrogen) atoms. The topological polar surface area (TPSA) is 63.6 Å². The van der Waals surface area contributed by atoms with Crippen molar-refractivity contribution < 1.29 is 23.8 Å². The van der Waals surface area contributed by atoms with E-state index in [0.717, 1.165) is 6.08 Å². The number of carboxylic acids is 1. The Bertz CT molecular complexity index is 450. The number of carbonyl (C=O) groups excluding carboxylic acids is 1. The normalized spacial score (nSPS) is 10.5. The Morgan fingerprint density at radius 3 is 2.71 bits per heavy atom. The highest BCUT2D eigenvalue weighted by atomic mass is 35.5. The van der Waals surface area contributed by atoms with Crippen LogP contribution in [-0.4, -0.2) is 17.0 Å². The van der Waals surface area contributed by atoms with Gasteiger partial charge in [-0.05, 0) is 12.1 Å². The zero-order valence-electron chi connectivity index (χ0n) is 8.52. The highest BCUT2D eigenvalue weighted by molar-refractivity contribution is 6.31. The van der Waals surface area contributed by atoms with Gasteiger partial charge in [0.15, 0.2) is 0 Å². The Balaban J connectivity index is 2.62. The molecule has 1 rings (SSSR count). The summed E-state index contributed by atoms with van der Waals surface area (Å²) in [7, 11) is 0. The summed E-state index contributed by atoms with van der Waals surface area (Å²) in [6.45, 7) is -0.353. The van der Waals surface area contributed by atoms with Crippen molar-refractivity contribution in [1.29, 1.82) is 0 Å². The zero-order chi connectivity index (χ0) is 12.8. The number of hydrogen-bond donors (Lipinski definition) is 1. The van der Waals surface area contributed by atoms with Gasteiger partial charge in [0.05, 0.1) is 5.02 Å². The molecule has 6 heteroatoms. The molecule has 0 fully saturated rings. The van der Waals surface area contributed by atoms with Gasteiger partial charge in [-0.25, -0.2) is 14.0 Å². The molecule has 0 saturated carbocycles. The van der Waals surface area contributed by atoms with Crippen LogP contribution in [0.25, 0.3) is 0 Å². The Morgan fingerprint density at radius 1 is 1.41 bits per heavy atom. The van der Waals surface area contributed by atoms with Crippen LogP contribution in [0.5, 0.6) is 0 Å². The van der Waals surface area contributed by atoms with Crippen molar-refractivity contribution in [2.45, 2.75) is 6.61 Å². The van der Waals surface area contributed by atoms with Crippen molar-refractivity contribution in [1.82, 2.24) is 0 Å². The minimum atomic E-state index is -1.27.